The number of carbonyl (C=O) groups excluding carboxylic acids is 3. The van der Waals surface area contributed by atoms with Gasteiger partial charge in [0.1, 0.15) is 23.4 Å². The summed E-state index contributed by atoms with van der Waals surface area (Å²) < 4.78 is 12.8. The van der Waals surface area contributed by atoms with E-state index >= 15 is 0 Å². The number of alkyl carbamates (subject to hydrolysis) is 1. The molecule has 1 saturated carbocycles. The molecular weight excluding hydrogens is 544 g/mol. The molecule has 1 aliphatic carbocycles. The highest BCUT2D eigenvalue weighted by Crippen LogP contribution is 2.42. The monoisotopic (exact) mass is 592 g/mol. The SMILES string of the molecule is CC[C@@H]1[C@@H]2CN(C(=O)[C@H](C(C)(C)C)NC(=O)O[C@]3(C)CCC[C@H]3CCCCCc3nc4ccccc4nc3O2)[C@@H]1C(C)=O. The highest BCUT2D eigenvalue weighted by atomic mass is 16.6. The Morgan fingerprint density at radius 2 is 1.77 bits per heavy atom. The van der Waals surface area contributed by atoms with Crippen molar-refractivity contribution in [1.29, 1.82) is 0 Å². The lowest BCUT2D eigenvalue weighted by Crippen LogP contribution is -2.58. The van der Waals surface area contributed by atoms with Crippen LogP contribution < -0.4 is 10.1 Å². The minimum Gasteiger partial charge on any atom is -0.471 e. The summed E-state index contributed by atoms with van der Waals surface area (Å²) in [6, 6.07) is 6.24. The van der Waals surface area contributed by atoms with E-state index in [0.29, 0.717) is 12.3 Å². The summed E-state index contributed by atoms with van der Waals surface area (Å²) in [5.41, 5.74) is 1.20. The van der Waals surface area contributed by atoms with Crippen molar-refractivity contribution in [2.24, 2.45) is 17.3 Å². The highest BCUT2D eigenvalue weighted by molar-refractivity contribution is 5.92. The molecule has 2 amide bonds. The fraction of sp³-hybridized carbons (Fsp3) is 0.676. The number of para-hydroxylation sites is 2. The van der Waals surface area contributed by atoms with Gasteiger partial charge in [-0.1, -0.05) is 52.7 Å². The Hall–Kier alpha value is -3.23. The van der Waals surface area contributed by atoms with Crippen LogP contribution in [-0.2, 0) is 20.7 Å². The standard InChI is InChI=1S/C34H48N4O5/c1-7-23-27-20-38(28(23)21(2)39)31(40)29(33(3,4)5)37-32(41)43-34(6)19-13-15-22(34)14-9-8-10-18-26-30(42-27)36-25-17-12-11-16-24(25)35-26/h11-12,16-17,22-23,27-29H,7-10,13-15,18-20H2,1-6H3,(H,37,41)/t22-,23-,27+,28-,29-,34-/m1/s1. The molecule has 3 aliphatic rings. The second kappa shape index (κ2) is 12.4. The third kappa shape index (κ3) is 6.50. The number of aromatic nitrogens is 2. The molecule has 3 heterocycles. The smallest absolute Gasteiger partial charge is 0.408 e. The molecule has 1 aromatic heterocycles. The molecule has 0 unspecified atom stereocenters. The Bertz CT molecular complexity index is 1360. The van der Waals surface area contributed by atoms with E-state index in [1.54, 1.807) is 4.90 Å². The fourth-order valence-corrected chi connectivity index (χ4v) is 7.48. The molecular formula is C34H48N4O5. The van der Waals surface area contributed by atoms with Gasteiger partial charge in [0.15, 0.2) is 5.78 Å². The number of hydrogen-bond acceptors (Lipinski definition) is 7. The van der Waals surface area contributed by atoms with Gasteiger partial charge in [-0.3, -0.25) is 9.59 Å². The molecule has 9 heteroatoms. The molecule has 9 nitrogen and oxygen atoms in total. The van der Waals surface area contributed by atoms with Crippen LogP contribution in [0.5, 0.6) is 5.88 Å². The largest absolute Gasteiger partial charge is 0.471 e. The molecule has 1 aromatic carbocycles. The Balaban J connectivity index is 1.54. The molecule has 1 saturated heterocycles. The Kier molecular flexibility index (Phi) is 9.00. The quantitative estimate of drug-likeness (QED) is 0.454. The van der Waals surface area contributed by atoms with E-state index in [9.17, 15) is 14.4 Å². The van der Waals surface area contributed by atoms with Gasteiger partial charge in [0, 0.05) is 5.92 Å². The number of nitrogens with zero attached hydrogens (tertiary/aromatic N) is 3. The van der Waals surface area contributed by atoms with Crippen LogP contribution in [-0.4, -0.2) is 63.0 Å². The van der Waals surface area contributed by atoms with Crippen LogP contribution in [0.3, 0.4) is 0 Å². The van der Waals surface area contributed by atoms with Crippen LogP contribution >= 0.6 is 0 Å². The van der Waals surface area contributed by atoms with Gasteiger partial charge in [-0.15, -0.1) is 0 Å². The molecule has 234 valence electrons. The maximum atomic E-state index is 14.3. The fourth-order valence-electron chi connectivity index (χ4n) is 7.48. The number of aryl methyl sites for hydroxylation is 1. The van der Waals surface area contributed by atoms with Gasteiger partial charge < -0.3 is 19.7 Å². The summed E-state index contributed by atoms with van der Waals surface area (Å²) in [5.74, 6) is 0.131. The molecule has 2 aliphatic heterocycles. The first-order valence-electron chi connectivity index (χ1n) is 16.1. The minimum atomic E-state index is -0.878. The maximum absolute atomic E-state index is 14.3. The van der Waals surface area contributed by atoms with Crippen molar-refractivity contribution in [3.05, 3.63) is 30.0 Å². The first kappa shape index (κ1) is 31.2. The van der Waals surface area contributed by atoms with Crippen molar-refractivity contribution in [2.75, 3.05) is 6.54 Å². The van der Waals surface area contributed by atoms with E-state index in [0.717, 1.165) is 68.1 Å². The van der Waals surface area contributed by atoms with Crippen LogP contribution in [0.2, 0.25) is 0 Å². The van der Waals surface area contributed by atoms with Crippen LogP contribution in [0.25, 0.3) is 11.0 Å². The number of carbonyl (C=O) groups is 3. The summed E-state index contributed by atoms with van der Waals surface area (Å²) in [6.07, 6.45) is 7.16. The van der Waals surface area contributed by atoms with E-state index in [-0.39, 0.29) is 30.1 Å². The van der Waals surface area contributed by atoms with Crippen molar-refractivity contribution in [3.63, 3.8) is 0 Å². The summed E-state index contributed by atoms with van der Waals surface area (Å²) in [5, 5.41) is 2.93. The zero-order valence-electron chi connectivity index (χ0n) is 26.7. The number of hydrogen-bond donors (Lipinski definition) is 1. The van der Waals surface area contributed by atoms with Crippen molar-refractivity contribution in [3.8, 4) is 5.88 Å². The van der Waals surface area contributed by atoms with Gasteiger partial charge in [-0.2, -0.15) is 0 Å². The highest BCUT2D eigenvalue weighted by Gasteiger charge is 2.50. The number of benzene rings is 1. The predicted octanol–water partition coefficient (Wildman–Crippen LogP) is 6.02. The van der Waals surface area contributed by atoms with Gasteiger partial charge in [-0.25, -0.2) is 14.8 Å². The molecule has 2 fully saturated rings. The summed E-state index contributed by atoms with van der Waals surface area (Å²) in [4.78, 5) is 52.3. The van der Waals surface area contributed by atoms with Crippen LogP contribution in [0.4, 0.5) is 4.79 Å². The van der Waals surface area contributed by atoms with Gasteiger partial charge in [0.25, 0.3) is 0 Å². The molecule has 43 heavy (non-hydrogen) atoms. The molecule has 0 radical (unpaired) electrons. The van der Waals surface area contributed by atoms with Crippen molar-refractivity contribution >= 4 is 28.8 Å². The average molecular weight is 593 g/mol. The number of nitrogens with one attached hydrogen (secondary N) is 1. The van der Waals surface area contributed by atoms with E-state index in [2.05, 4.69) is 5.32 Å². The normalized spacial score (nSPS) is 30.8. The molecule has 5 rings (SSSR count). The third-order valence-electron chi connectivity index (χ3n) is 9.89. The van der Waals surface area contributed by atoms with Crippen LogP contribution in [0.15, 0.2) is 24.3 Å². The zero-order valence-corrected chi connectivity index (χ0v) is 26.7. The van der Waals surface area contributed by atoms with Crippen LogP contribution in [0.1, 0.15) is 98.6 Å². The van der Waals surface area contributed by atoms with Gasteiger partial charge in [0.05, 0.1) is 23.6 Å². The summed E-state index contributed by atoms with van der Waals surface area (Å²) in [7, 11) is 0. The lowest BCUT2D eigenvalue weighted by Gasteiger charge is -2.37. The van der Waals surface area contributed by atoms with Crippen LogP contribution in [0, 0.1) is 17.3 Å². The van der Waals surface area contributed by atoms with E-state index in [1.807, 2.05) is 58.9 Å². The summed E-state index contributed by atoms with van der Waals surface area (Å²) in [6.45, 7) is 11.6. The van der Waals surface area contributed by atoms with E-state index in [4.69, 9.17) is 19.4 Å². The number of fused-ring (bicyclic) bond motifs is 5. The van der Waals surface area contributed by atoms with Crippen molar-refractivity contribution < 1.29 is 23.9 Å². The zero-order chi connectivity index (χ0) is 30.9. The number of amides is 2. The van der Waals surface area contributed by atoms with Crippen molar-refractivity contribution in [2.45, 2.75) is 123 Å². The Morgan fingerprint density at radius 1 is 1.07 bits per heavy atom. The maximum Gasteiger partial charge on any atom is 0.408 e. The predicted molar refractivity (Wildman–Crippen MR) is 165 cm³/mol. The third-order valence-corrected chi connectivity index (χ3v) is 9.89. The molecule has 1 N–H and O–H groups in total. The minimum absolute atomic E-state index is 0.0986. The average Bonchev–Trinajstić information content (AvgIpc) is 3.49. The van der Waals surface area contributed by atoms with Crippen molar-refractivity contribution in [1.82, 2.24) is 20.2 Å². The number of ether oxygens (including phenoxy) is 2. The number of ketones is 1. The lowest BCUT2D eigenvalue weighted by atomic mass is 9.85. The topological polar surface area (TPSA) is 111 Å². The molecule has 0 spiro atoms. The molecule has 2 bridgehead atoms. The Morgan fingerprint density at radius 3 is 2.44 bits per heavy atom. The van der Waals surface area contributed by atoms with E-state index in [1.165, 1.54) is 6.92 Å². The van der Waals surface area contributed by atoms with E-state index < -0.39 is 35.3 Å². The number of Topliss-reactive ketones (excluding diaryl/α,β-unsaturated/α-hetero) is 1. The Labute approximate surface area is 255 Å². The van der Waals surface area contributed by atoms with Gasteiger partial charge in [-0.05, 0) is 82.3 Å². The first-order chi connectivity index (χ1) is 20.4. The second-order valence-corrected chi connectivity index (χ2v) is 14.1. The lowest BCUT2D eigenvalue weighted by molar-refractivity contribution is -0.141. The molecule has 2 aromatic rings. The van der Waals surface area contributed by atoms with Gasteiger partial charge in [0.2, 0.25) is 11.8 Å². The van der Waals surface area contributed by atoms with Gasteiger partial charge >= 0.3 is 6.09 Å². The first-order valence-corrected chi connectivity index (χ1v) is 16.1. The molecule has 6 atom stereocenters. The summed E-state index contributed by atoms with van der Waals surface area (Å²) >= 11 is 0. The number of rotatable bonds is 2. The second-order valence-electron chi connectivity index (χ2n) is 14.1.